The first-order chi connectivity index (χ1) is 31.4. The monoisotopic (exact) mass is 1030 g/mol. The first-order valence-corrected chi connectivity index (χ1v) is 28.0. The zero-order valence-electron chi connectivity index (χ0n) is 38.6. The number of rotatable bonds is 34. The van der Waals surface area contributed by atoms with E-state index in [-0.39, 0.29) is 41.6 Å². The van der Waals surface area contributed by atoms with Gasteiger partial charge in [0, 0.05) is 37.1 Å². The van der Waals surface area contributed by atoms with Crippen LogP contribution in [0.2, 0.25) is 0 Å². The lowest BCUT2D eigenvalue weighted by Gasteiger charge is -2.30. The number of thioether (sulfide) groups is 1. The van der Waals surface area contributed by atoms with Crippen LogP contribution in [0.4, 0.5) is 5.82 Å². The number of hydrogen-bond acceptors (Lipinski definition) is 18. The highest BCUT2D eigenvalue weighted by atomic mass is 32.2. The largest absolute Gasteiger partial charge is 0.481 e. The maximum Gasteiger partial charge on any atom is 0.481 e. The Bertz CT molecular complexity index is 2010. The number of unbranched alkanes of at least 4 members (excludes halogenated alkanes) is 9. The van der Waals surface area contributed by atoms with E-state index in [2.05, 4.69) is 48.3 Å². The van der Waals surface area contributed by atoms with Crippen LogP contribution in [0.15, 0.2) is 12.7 Å². The molecule has 1 fully saturated rings. The van der Waals surface area contributed by atoms with Gasteiger partial charge >= 0.3 is 23.5 Å². The number of amides is 2. The Kier molecular flexibility index (Phi) is 25.0. The molecule has 24 nitrogen and oxygen atoms in total. The third-order valence-corrected chi connectivity index (χ3v) is 14.9. The quantitative estimate of drug-likeness (QED) is 0.0336. The molecule has 3 rings (SSSR count). The number of aromatic nitrogens is 4. The van der Waals surface area contributed by atoms with Crippen molar-refractivity contribution in [1.82, 2.24) is 30.2 Å². The fraction of sp³-hybridized carbons (Fsp3) is 0.795. The van der Waals surface area contributed by atoms with Crippen molar-refractivity contribution in [2.24, 2.45) is 11.3 Å². The molecule has 8 atom stereocenters. The van der Waals surface area contributed by atoms with Crippen molar-refractivity contribution in [2.45, 2.75) is 155 Å². The second kappa shape index (κ2) is 28.4. The molecule has 10 N–H and O–H groups in total. The van der Waals surface area contributed by atoms with Crippen LogP contribution >= 0.6 is 35.2 Å². The van der Waals surface area contributed by atoms with Gasteiger partial charge in [-0.15, -0.1) is 0 Å². The summed E-state index contributed by atoms with van der Waals surface area (Å²) in [4.78, 5) is 88.5. The molecule has 0 saturated carbocycles. The Labute approximate surface area is 395 Å². The Morgan fingerprint density at radius 3 is 2.18 bits per heavy atom. The molecule has 2 aromatic rings. The summed E-state index contributed by atoms with van der Waals surface area (Å²) in [5, 5.41) is 26.7. The van der Waals surface area contributed by atoms with Crippen LogP contribution in [0.25, 0.3) is 11.2 Å². The molecule has 1 aliphatic rings. The minimum Gasteiger partial charge on any atom is -0.386 e. The Balaban J connectivity index is 1.32. The number of aliphatic hydroxyl groups is 2. The van der Waals surface area contributed by atoms with Crippen molar-refractivity contribution in [3.05, 3.63) is 12.7 Å². The number of carbonyl (C=O) groups excluding carboxylic acids is 3. The number of nitrogens with zero attached hydrogens (tertiary/aromatic N) is 4. The molecule has 2 aromatic heterocycles. The van der Waals surface area contributed by atoms with Gasteiger partial charge in [0.25, 0.3) is 0 Å². The number of ether oxygens (including phenoxy) is 1. The van der Waals surface area contributed by atoms with Gasteiger partial charge in [-0.3, -0.25) is 32.5 Å². The molecule has 3 heterocycles. The van der Waals surface area contributed by atoms with Crippen LogP contribution in [0.1, 0.15) is 130 Å². The Hall–Kier alpha value is -2.44. The van der Waals surface area contributed by atoms with Crippen molar-refractivity contribution in [1.29, 1.82) is 0 Å². The van der Waals surface area contributed by atoms with E-state index in [1.165, 1.54) is 84.5 Å². The molecule has 0 aromatic carbocycles. The minimum atomic E-state index is -5.58. The number of nitrogen functional groups attached to an aromatic ring is 1. The maximum atomic E-state index is 12.7. The topological polar surface area (TPSA) is 364 Å². The minimum absolute atomic E-state index is 0.0337. The lowest BCUT2D eigenvalue weighted by molar-refractivity contribution is -0.137. The summed E-state index contributed by atoms with van der Waals surface area (Å²) in [6, 6.07) is 0. The van der Waals surface area contributed by atoms with Crippen molar-refractivity contribution >= 4 is 69.1 Å². The van der Waals surface area contributed by atoms with Gasteiger partial charge < -0.3 is 50.9 Å². The first-order valence-electron chi connectivity index (χ1n) is 22.5. The van der Waals surface area contributed by atoms with E-state index >= 15 is 0 Å². The molecule has 384 valence electrons. The number of nitrogens with two attached hydrogens (primary N) is 1. The first kappa shape index (κ1) is 58.9. The normalized spacial score (nSPS) is 20.6. The Morgan fingerprint density at radius 2 is 1.52 bits per heavy atom. The second-order valence-corrected chi connectivity index (χ2v) is 22.6. The van der Waals surface area contributed by atoms with Crippen LogP contribution in [-0.4, -0.2) is 123 Å². The van der Waals surface area contributed by atoms with Crippen LogP contribution in [0.3, 0.4) is 0 Å². The average Bonchev–Trinajstić information content (AvgIpc) is 3.81. The lowest BCUT2D eigenvalue weighted by atomic mass is 9.87. The molecular weight excluding hydrogens is 963 g/mol. The molecule has 0 aliphatic carbocycles. The average molecular weight is 1030 g/mol. The highest BCUT2D eigenvalue weighted by Gasteiger charge is 2.50. The number of fused-ring (bicyclic) bond motifs is 1. The molecule has 2 amide bonds. The summed E-state index contributed by atoms with van der Waals surface area (Å²) >= 11 is 1.16. The second-order valence-electron chi connectivity index (χ2n) is 17.3. The van der Waals surface area contributed by atoms with Gasteiger partial charge in [0.1, 0.15) is 36.3 Å². The van der Waals surface area contributed by atoms with Crippen molar-refractivity contribution in [2.75, 3.05) is 37.8 Å². The number of anilines is 1. The number of hydrogen-bond donors (Lipinski definition) is 9. The maximum absolute atomic E-state index is 12.7. The number of nitrogens with one attached hydrogen (secondary N) is 2. The van der Waals surface area contributed by atoms with Gasteiger partial charge in [0.15, 0.2) is 22.8 Å². The van der Waals surface area contributed by atoms with Gasteiger partial charge in [-0.1, -0.05) is 117 Å². The summed E-state index contributed by atoms with van der Waals surface area (Å²) in [5.74, 6) is -0.445. The summed E-state index contributed by atoms with van der Waals surface area (Å²) < 4.78 is 62.5. The number of phosphoric acid groups is 3. The summed E-state index contributed by atoms with van der Waals surface area (Å²) in [6.07, 6.45) is 9.70. The van der Waals surface area contributed by atoms with E-state index in [1.807, 2.05) is 0 Å². The molecule has 8 unspecified atom stereocenters. The fourth-order valence-electron chi connectivity index (χ4n) is 7.09. The highest BCUT2D eigenvalue weighted by molar-refractivity contribution is 8.13. The van der Waals surface area contributed by atoms with E-state index in [0.29, 0.717) is 18.1 Å². The SMILES string of the molecule is CCCCCCCCCCCCC(C)CCCC(=O)SCCNC(=O)CCNC(=O)C(O)C(C)(C)COP(=O)(O)OP(=O)(O)OCC1OC(n2cnc3c(N)ncnc32)C(O)C1OP(=O)(O)O. The van der Waals surface area contributed by atoms with Gasteiger partial charge in [-0.2, -0.15) is 4.31 Å². The van der Waals surface area contributed by atoms with Crippen molar-refractivity contribution < 1.29 is 80.5 Å². The number of phosphoric ester groups is 3. The van der Waals surface area contributed by atoms with E-state index in [0.717, 1.165) is 41.8 Å². The molecule has 1 saturated heterocycles. The molecule has 0 radical (unpaired) electrons. The van der Waals surface area contributed by atoms with Crippen molar-refractivity contribution in [3.63, 3.8) is 0 Å². The molecule has 0 bridgehead atoms. The van der Waals surface area contributed by atoms with Crippen molar-refractivity contribution in [3.8, 4) is 0 Å². The number of imidazole rings is 1. The standard InChI is InChI=1S/C39H70N7O17P3S/c1-5-6-7-8-9-10-11-12-13-14-16-27(2)17-15-18-30(48)67-22-21-41-29(47)19-20-42-37(51)34(50)39(3,4)24-60-66(57,58)63-65(55,56)59-23-28-33(62-64(52,53)54)32(49)38(61-28)46-26-45-31-35(40)43-25-44-36(31)46/h25-28,32-34,38,49-50H,5-24H2,1-4H3,(H,41,47)(H,42,51)(H,55,56)(H,57,58)(H2,40,43,44)(H2,52,53,54). The number of aliphatic hydroxyl groups excluding tert-OH is 2. The van der Waals surface area contributed by atoms with Gasteiger partial charge in [0.05, 0.1) is 19.5 Å². The zero-order chi connectivity index (χ0) is 49.8. The predicted molar refractivity (Wildman–Crippen MR) is 247 cm³/mol. The molecule has 67 heavy (non-hydrogen) atoms. The molecule has 1 aliphatic heterocycles. The van der Waals surface area contributed by atoms with Crippen LogP contribution in [0, 0.1) is 11.3 Å². The third-order valence-electron chi connectivity index (χ3n) is 10.9. The van der Waals surface area contributed by atoms with Gasteiger partial charge in [-0.05, 0) is 12.3 Å². The smallest absolute Gasteiger partial charge is 0.386 e. The summed E-state index contributed by atoms with van der Waals surface area (Å²) in [7, 11) is -16.4. The molecule has 0 spiro atoms. The number of carbonyl (C=O) groups is 3. The Morgan fingerprint density at radius 1 is 0.896 bits per heavy atom. The summed E-state index contributed by atoms with van der Waals surface area (Å²) in [5.41, 5.74) is 4.29. The zero-order valence-corrected chi connectivity index (χ0v) is 42.1. The summed E-state index contributed by atoms with van der Waals surface area (Å²) in [6.45, 7) is 5.05. The predicted octanol–water partition coefficient (Wildman–Crippen LogP) is 4.78. The van der Waals surface area contributed by atoms with E-state index in [4.69, 9.17) is 19.5 Å². The third kappa shape index (κ3) is 21.6. The van der Waals surface area contributed by atoms with Crippen LogP contribution in [-0.2, 0) is 50.7 Å². The van der Waals surface area contributed by atoms with E-state index in [1.54, 1.807) is 0 Å². The van der Waals surface area contributed by atoms with E-state index in [9.17, 15) is 57.9 Å². The van der Waals surface area contributed by atoms with Gasteiger partial charge in [0.2, 0.25) is 11.8 Å². The van der Waals surface area contributed by atoms with Gasteiger partial charge in [-0.25, -0.2) is 28.6 Å². The molecule has 28 heteroatoms. The fourth-order valence-corrected chi connectivity index (χ4v) is 10.6. The highest BCUT2D eigenvalue weighted by Crippen LogP contribution is 2.61. The van der Waals surface area contributed by atoms with Crippen LogP contribution in [0.5, 0.6) is 0 Å². The van der Waals surface area contributed by atoms with Crippen LogP contribution < -0.4 is 16.4 Å². The lowest BCUT2D eigenvalue weighted by Crippen LogP contribution is -2.46. The van der Waals surface area contributed by atoms with E-state index < -0.39 is 84.6 Å². The molecular formula is C39H70N7O17P3S.